The fourth-order valence-electron chi connectivity index (χ4n) is 3.77. The number of carbonyl (C=O) groups excluding carboxylic acids is 1. The van der Waals surface area contributed by atoms with Crippen molar-refractivity contribution in [3.05, 3.63) is 63.7 Å². The van der Waals surface area contributed by atoms with Crippen molar-refractivity contribution in [3.63, 3.8) is 0 Å². The predicted molar refractivity (Wildman–Crippen MR) is 113 cm³/mol. The van der Waals surface area contributed by atoms with Crippen molar-refractivity contribution in [2.24, 2.45) is 5.10 Å². The van der Waals surface area contributed by atoms with Crippen LogP contribution < -0.4 is 10.3 Å². The van der Waals surface area contributed by atoms with Crippen LogP contribution in [0.15, 0.2) is 41.5 Å². The Morgan fingerprint density at radius 2 is 2.00 bits per heavy atom. The Morgan fingerprint density at radius 3 is 2.67 bits per heavy atom. The molecule has 1 unspecified atom stereocenters. The smallest absolute Gasteiger partial charge is 0.369 e. The van der Waals surface area contributed by atoms with Gasteiger partial charge in [-0.15, -0.1) is 0 Å². The third-order valence-corrected chi connectivity index (χ3v) is 5.90. The second-order valence-corrected chi connectivity index (χ2v) is 8.59. The van der Waals surface area contributed by atoms with Crippen LogP contribution in [0.5, 0.6) is 0 Å². The monoisotopic (exact) mass is 437 g/mol. The molecule has 2 aromatic rings. The molecule has 1 N–H and O–H groups in total. The highest BCUT2D eigenvalue weighted by Crippen LogP contribution is 2.44. The van der Waals surface area contributed by atoms with E-state index in [-0.39, 0.29) is 11.1 Å². The molecule has 0 aromatic heterocycles. The van der Waals surface area contributed by atoms with Gasteiger partial charge in [-0.2, -0.15) is 18.3 Å². The maximum atomic E-state index is 12.8. The van der Waals surface area contributed by atoms with Crippen molar-refractivity contribution in [3.8, 4) is 0 Å². The van der Waals surface area contributed by atoms with Gasteiger partial charge in [0.15, 0.2) is 0 Å². The first-order valence-electron chi connectivity index (χ1n) is 9.48. The number of hydrogen-bond donors (Lipinski definition) is 1. The number of carbonyl (C=O) groups is 1. The number of hydrogen-bond acceptors (Lipinski definition) is 3. The SMILES string of the molecule is CC1CC(C)(C)N(C)c2cc(Cl)c(/C=N\NC(=O)c3cccc(C(F)(F)F)c3)cc21. The van der Waals surface area contributed by atoms with Gasteiger partial charge in [0.25, 0.3) is 5.91 Å². The molecule has 0 bridgehead atoms. The number of fused-ring (bicyclic) bond motifs is 1. The normalized spacial score (nSPS) is 18.4. The molecule has 160 valence electrons. The zero-order valence-corrected chi connectivity index (χ0v) is 17.9. The number of rotatable bonds is 3. The minimum atomic E-state index is -4.52. The predicted octanol–water partition coefficient (Wildman–Crippen LogP) is 5.84. The summed E-state index contributed by atoms with van der Waals surface area (Å²) in [6.07, 6.45) is -2.14. The zero-order chi connectivity index (χ0) is 22.3. The fourth-order valence-corrected chi connectivity index (χ4v) is 3.97. The van der Waals surface area contributed by atoms with Crippen LogP contribution in [0.4, 0.5) is 18.9 Å². The van der Waals surface area contributed by atoms with Crippen LogP contribution in [-0.2, 0) is 6.18 Å². The van der Waals surface area contributed by atoms with Gasteiger partial charge < -0.3 is 4.90 Å². The molecule has 30 heavy (non-hydrogen) atoms. The van der Waals surface area contributed by atoms with E-state index in [1.165, 1.54) is 18.3 Å². The van der Waals surface area contributed by atoms with E-state index < -0.39 is 17.6 Å². The molecule has 0 saturated heterocycles. The quantitative estimate of drug-likeness (QED) is 0.484. The first kappa shape index (κ1) is 22.2. The van der Waals surface area contributed by atoms with Gasteiger partial charge in [-0.25, -0.2) is 5.43 Å². The Hall–Kier alpha value is -2.54. The number of amides is 1. The van der Waals surface area contributed by atoms with Crippen LogP contribution in [0.3, 0.4) is 0 Å². The minimum Gasteiger partial charge on any atom is -0.369 e. The molecule has 0 aliphatic carbocycles. The van der Waals surface area contributed by atoms with Crippen molar-refractivity contribution in [1.82, 2.24) is 5.43 Å². The molecule has 4 nitrogen and oxygen atoms in total. The number of halogens is 4. The molecule has 0 fully saturated rings. The number of benzene rings is 2. The molecule has 0 radical (unpaired) electrons. The lowest BCUT2D eigenvalue weighted by atomic mass is 9.80. The molecule has 3 rings (SSSR count). The number of anilines is 1. The molecule has 1 aliphatic rings. The van der Waals surface area contributed by atoms with Crippen LogP contribution in [0.2, 0.25) is 5.02 Å². The van der Waals surface area contributed by atoms with E-state index in [0.29, 0.717) is 16.5 Å². The van der Waals surface area contributed by atoms with Crippen molar-refractivity contribution in [2.45, 2.75) is 44.8 Å². The standard InChI is InChI=1S/C22H23ClF3N3O/c1-13-11-21(2,3)29(4)19-10-18(23)15(9-17(13)19)12-27-28-20(30)14-6-5-7-16(8-14)22(24,25)26/h5-10,12-13H,11H2,1-4H3,(H,28,30)/b27-12-. The van der Waals surface area contributed by atoms with Gasteiger partial charge in [0, 0.05) is 29.4 Å². The zero-order valence-electron chi connectivity index (χ0n) is 17.1. The lowest BCUT2D eigenvalue weighted by Gasteiger charge is -2.45. The maximum Gasteiger partial charge on any atom is 0.416 e. The summed E-state index contributed by atoms with van der Waals surface area (Å²) in [6.45, 7) is 6.51. The fraction of sp³-hybridized carbons (Fsp3) is 0.364. The lowest BCUT2D eigenvalue weighted by Crippen LogP contribution is -2.45. The molecule has 2 aromatic carbocycles. The summed E-state index contributed by atoms with van der Waals surface area (Å²) in [5.41, 5.74) is 4.05. The lowest BCUT2D eigenvalue weighted by molar-refractivity contribution is -0.137. The van der Waals surface area contributed by atoms with Gasteiger partial charge in [-0.1, -0.05) is 24.6 Å². The average Bonchev–Trinajstić information content (AvgIpc) is 2.66. The number of nitrogens with zero attached hydrogens (tertiary/aromatic N) is 2. The van der Waals surface area contributed by atoms with Crippen LogP contribution in [0, 0.1) is 0 Å². The Labute approximate surface area is 178 Å². The highest BCUT2D eigenvalue weighted by Gasteiger charge is 2.34. The van der Waals surface area contributed by atoms with E-state index >= 15 is 0 Å². The van der Waals surface area contributed by atoms with Gasteiger partial charge >= 0.3 is 6.18 Å². The molecule has 1 aliphatic heterocycles. The summed E-state index contributed by atoms with van der Waals surface area (Å²) in [5, 5.41) is 4.36. The average molecular weight is 438 g/mol. The molecule has 1 amide bonds. The van der Waals surface area contributed by atoms with E-state index in [1.54, 1.807) is 0 Å². The number of alkyl halides is 3. The summed E-state index contributed by atoms with van der Waals surface area (Å²) >= 11 is 6.41. The third kappa shape index (κ3) is 4.46. The van der Waals surface area contributed by atoms with Gasteiger partial charge in [0.1, 0.15) is 0 Å². The summed E-state index contributed by atoms with van der Waals surface area (Å²) in [7, 11) is 2.03. The van der Waals surface area contributed by atoms with Crippen molar-refractivity contribution in [2.75, 3.05) is 11.9 Å². The van der Waals surface area contributed by atoms with E-state index in [0.717, 1.165) is 29.8 Å². The molecule has 0 spiro atoms. The van der Waals surface area contributed by atoms with E-state index in [1.807, 2.05) is 19.2 Å². The second kappa shape index (κ2) is 7.95. The van der Waals surface area contributed by atoms with E-state index in [9.17, 15) is 18.0 Å². The molecular formula is C22H23ClF3N3O. The van der Waals surface area contributed by atoms with Gasteiger partial charge in [0.2, 0.25) is 0 Å². The Kier molecular flexibility index (Phi) is 5.87. The second-order valence-electron chi connectivity index (χ2n) is 8.19. The van der Waals surface area contributed by atoms with Crippen molar-refractivity contribution >= 4 is 29.4 Å². The van der Waals surface area contributed by atoms with Crippen molar-refractivity contribution in [1.29, 1.82) is 0 Å². The molecular weight excluding hydrogens is 415 g/mol. The highest BCUT2D eigenvalue weighted by atomic mass is 35.5. The number of hydrazone groups is 1. The third-order valence-electron chi connectivity index (χ3n) is 5.57. The highest BCUT2D eigenvalue weighted by molar-refractivity contribution is 6.33. The Bertz CT molecular complexity index is 1000. The topological polar surface area (TPSA) is 44.7 Å². The van der Waals surface area contributed by atoms with E-state index in [4.69, 9.17) is 11.6 Å². The van der Waals surface area contributed by atoms with Crippen LogP contribution >= 0.6 is 11.6 Å². The summed E-state index contributed by atoms with van der Waals surface area (Å²) < 4.78 is 38.4. The van der Waals surface area contributed by atoms with Crippen LogP contribution in [0.1, 0.15) is 60.2 Å². The summed E-state index contributed by atoms with van der Waals surface area (Å²) in [5.74, 6) is -0.420. The minimum absolute atomic E-state index is 0.00424. The molecule has 1 heterocycles. The molecule has 8 heteroatoms. The van der Waals surface area contributed by atoms with E-state index in [2.05, 4.69) is 36.2 Å². The van der Waals surface area contributed by atoms with Crippen LogP contribution in [-0.4, -0.2) is 24.7 Å². The first-order valence-corrected chi connectivity index (χ1v) is 9.86. The first-order chi connectivity index (χ1) is 13.9. The number of nitrogens with one attached hydrogen (secondary N) is 1. The largest absolute Gasteiger partial charge is 0.416 e. The molecule has 0 saturated carbocycles. The summed E-state index contributed by atoms with van der Waals surface area (Å²) in [6, 6.07) is 7.99. The summed E-state index contributed by atoms with van der Waals surface area (Å²) in [4.78, 5) is 14.4. The van der Waals surface area contributed by atoms with Crippen LogP contribution in [0.25, 0.3) is 0 Å². The molecule has 1 atom stereocenters. The Morgan fingerprint density at radius 1 is 1.30 bits per heavy atom. The maximum absolute atomic E-state index is 12.8. The van der Waals surface area contributed by atoms with Gasteiger partial charge in [0.05, 0.1) is 16.8 Å². The van der Waals surface area contributed by atoms with Gasteiger partial charge in [-0.05, 0) is 62.1 Å². The van der Waals surface area contributed by atoms with Crippen molar-refractivity contribution < 1.29 is 18.0 Å². The Balaban J connectivity index is 1.79. The van der Waals surface area contributed by atoms with Gasteiger partial charge in [-0.3, -0.25) is 4.79 Å².